The van der Waals surface area contributed by atoms with E-state index in [-0.39, 0.29) is 0 Å². The first kappa shape index (κ1) is 11.0. The van der Waals surface area contributed by atoms with E-state index in [9.17, 15) is 0 Å². The second kappa shape index (κ2) is 4.81. The van der Waals surface area contributed by atoms with Gasteiger partial charge in [-0.25, -0.2) is 0 Å². The molecule has 0 radical (unpaired) electrons. The van der Waals surface area contributed by atoms with E-state index in [1.807, 2.05) is 13.0 Å². The van der Waals surface area contributed by atoms with Gasteiger partial charge in [0.15, 0.2) is 0 Å². The van der Waals surface area contributed by atoms with Crippen LogP contribution in [0.25, 0.3) is 0 Å². The molecule has 0 fully saturated rings. The van der Waals surface area contributed by atoms with Crippen molar-refractivity contribution in [2.45, 2.75) is 20.8 Å². The Balaban J connectivity index is 4.66. The van der Waals surface area contributed by atoms with Crippen molar-refractivity contribution in [1.29, 1.82) is 0 Å². The molecule has 1 heteroatoms. The molecular formula is C11H18O. The zero-order valence-corrected chi connectivity index (χ0v) is 8.48. The second-order valence-corrected chi connectivity index (χ2v) is 3.23. The second-order valence-electron chi connectivity index (χ2n) is 3.23. The average molecular weight is 166 g/mol. The molecule has 0 aliphatic carbocycles. The third-order valence-electron chi connectivity index (χ3n) is 1.59. The lowest BCUT2D eigenvalue weighted by atomic mass is 10.00. The van der Waals surface area contributed by atoms with Crippen molar-refractivity contribution < 1.29 is 4.74 Å². The molecule has 0 bridgehead atoms. The van der Waals surface area contributed by atoms with Crippen molar-refractivity contribution in [2.24, 2.45) is 5.92 Å². The van der Waals surface area contributed by atoms with Crippen LogP contribution in [0.1, 0.15) is 20.8 Å². The van der Waals surface area contributed by atoms with Crippen molar-refractivity contribution >= 4 is 0 Å². The normalized spacial score (nSPS) is 11.6. The summed E-state index contributed by atoms with van der Waals surface area (Å²) in [5.74, 6) is 1.15. The fraction of sp³-hybridized carbons (Fsp3) is 0.455. The molecule has 0 amide bonds. The minimum atomic E-state index is 0.425. The highest BCUT2D eigenvalue weighted by Gasteiger charge is 2.06. The molecular weight excluding hydrogens is 148 g/mol. The summed E-state index contributed by atoms with van der Waals surface area (Å²) in [6, 6.07) is 0. The fourth-order valence-electron chi connectivity index (χ4n) is 0.952. The van der Waals surface area contributed by atoms with Crippen LogP contribution in [0.2, 0.25) is 0 Å². The van der Waals surface area contributed by atoms with Gasteiger partial charge in [0.25, 0.3) is 0 Å². The van der Waals surface area contributed by atoms with Crippen LogP contribution in [0.15, 0.2) is 36.1 Å². The standard InChI is InChI=1S/C11H18O/c1-8(2)7-11(9(3)4)10(5)12-6/h7,9H,1,5H2,2-4,6H3/b11-7-. The summed E-state index contributed by atoms with van der Waals surface area (Å²) in [5.41, 5.74) is 2.14. The number of ether oxygens (including phenoxy) is 1. The number of methoxy groups -OCH3 is 1. The number of hydrogen-bond acceptors (Lipinski definition) is 1. The molecule has 0 aliphatic heterocycles. The van der Waals surface area contributed by atoms with Gasteiger partial charge >= 0.3 is 0 Å². The van der Waals surface area contributed by atoms with Crippen molar-refractivity contribution in [3.63, 3.8) is 0 Å². The van der Waals surface area contributed by atoms with Gasteiger partial charge in [-0.1, -0.05) is 38.7 Å². The van der Waals surface area contributed by atoms with Gasteiger partial charge in [-0.2, -0.15) is 0 Å². The first-order valence-electron chi connectivity index (χ1n) is 4.09. The Morgan fingerprint density at radius 2 is 1.83 bits per heavy atom. The summed E-state index contributed by atoms with van der Waals surface area (Å²) in [5, 5.41) is 0. The fourth-order valence-corrected chi connectivity index (χ4v) is 0.952. The summed E-state index contributed by atoms with van der Waals surface area (Å²) in [4.78, 5) is 0. The molecule has 0 N–H and O–H groups in total. The summed E-state index contributed by atoms with van der Waals surface area (Å²) in [6.45, 7) is 13.8. The maximum absolute atomic E-state index is 5.07. The maximum Gasteiger partial charge on any atom is 0.115 e. The van der Waals surface area contributed by atoms with Gasteiger partial charge in [-0.3, -0.25) is 0 Å². The summed E-state index contributed by atoms with van der Waals surface area (Å²) < 4.78 is 5.07. The third kappa shape index (κ3) is 3.42. The molecule has 0 heterocycles. The topological polar surface area (TPSA) is 9.23 Å². The highest BCUT2D eigenvalue weighted by atomic mass is 16.5. The number of hydrogen-bond donors (Lipinski definition) is 0. The first-order valence-corrected chi connectivity index (χ1v) is 4.09. The monoisotopic (exact) mass is 166 g/mol. The van der Waals surface area contributed by atoms with E-state index < -0.39 is 0 Å². The van der Waals surface area contributed by atoms with Crippen molar-refractivity contribution in [2.75, 3.05) is 7.11 Å². The minimum Gasteiger partial charge on any atom is -0.497 e. The van der Waals surface area contributed by atoms with E-state index in [4.69, 9.17) is 4.74 Å². The van der Waals surface area contributed by atoms with Crippen LogP contribution in [0.4, 0.5) is 0 Å². The largest absolute Gasteiger partial charge is 0.497 e. The smallest absolute Gasteiger partial charge is 0.115 e. The lowest BCUT2D eigenvalue weighted by Crippen LogP contribution is -1.99. The van der Waals surface area contributed by atoms with Gasteiger partial charge in [0.1, 0.15) is 5.76 Å². The van der Waals surface area contributed by atoms with Gasteiger partial charge in [0, 0.05) is 0 Å². The number of rotatable bonds is 4. The lowest BCUT2D eigenvalue weighted by molar-refractivity contribution is 0.296. The van der Waals surface area contributed by atoms with E-state index >= 15 is 0 Å². The van der Waals surface area contributed by atoms with Gasteiger partial charge in [0.2, 0.25) is 0 Å². The Morgan fingerprint density at radius 3 is 2.08 bits per heavy atom. The molecule has 0 aromatic carbocycles. The molecule has 0 rings (SSSR count). The van der Waals surface area contributed by atoms with E-state index in [0.29, 0.717) is 5.92 Å². The highest BCUT2D eigenvalue weighted by Crippen LogP contribution is 2.19. The van der Waals surface area contributed by atoms with Crippen molar-refractivity contribution in [3.05, 3.63) is 36.1 Å². The molecule has 1 nitrogen and oxygen atoms in total. The van der Waals surface area contributed by atoms with Crippen LogP contribution in [-0.2, 0) is 4.74 Å². The average Bonchev–Trinajstić information content (AvgIpc) is 1.98. The maximum atomic E-state index is 5.07. The predicted octanol–water partition coefficient (Wildman–Crippen LogP) is 3.31. The molecule has 0 aromatic rings. The van der Waals surface area contributed by atoms with Crippen LogP contribution >= 0.6 is 0 Å². The summed E-state index contributed by atoms with van der Waals surface area (Å²) in [7, 11) is 1.64. The van der Waals surface area contributed by atoms with E-state index in [1.165, 1.54) is 0 Å². The number of allylic oxidation sites excluding steroid dienone is 3. The van der Waals surface area contributed by atoms with Crippen molar-refractivity contribution in [1.82, 2.24) is 0 Å². The van der Waals surface area contributed by atoms with Crippen LogP contribution in [0.3, 0.4) is 0 Å². The Hall–Kier alpha value is -0.980. The first-order chi connectivity index (χ1) is 5.49. The highest BCUT2D eigenvalue weighted by molar-refractivity contribution is 5.31. The van der Waals surface area contributed by atoms with Crippen LogP contribution < -0.4 is 0 Å². The Labute approximate surface area is 75.4 Å². The van der Waals surface area contributed by atoms with E-state index in [1.54, 1.807) is 7.11 Å². The molecule has 0 saturated carbocycles. The Kier molecular flexibility index (Phi) is 4.42. The minimum absolute atomic E-state index is 0.425. The summed E-state index contributed by atoms with van der Waals surface area (Å²) >= 11 is 0. The van der Waals surface area contributed by atoms with Crippen LogP contribution in [0.5, 0.6) is 0 Å². The van der Waals surface area contributed by atoms with E-state index in [0.717, 1.165) is 16.9 Å². The molecule has 0 atom stereocenters. The molecule has 12 heavy (non-hydrogen) atoms. The lowest BCUT2D eigenvalue weighted by Gasteiger charge is -2.13. The molecule has 0 aliphatic rings. The van der Waals surface area contributed by atoms with Gasteiger partial charge in [-0.15, -0.1) is 0 Å². The Morgan fingerprint density at radius 1 is 1.33 bits per heavy atom. The van der Waals surface area contributed by atoms with Gasteiger partial charge < -0.3 is 4.74 Å². The zero-order chi connectivity index (χ0) is 9.72. The van der Waals surface area contributed by atoms with E-state index in [2.05, 4.69) is 27.0 Å². The predicted molar refractivity (Wildman–Crippen MR) is 53.9 cm³/mol. The molecule has 0 saturated heterocycles. The van der Waals surface area contributed by atoms with Gasteiger partial charge in [0.05, 0.1) is 7.11 Å². The molecule has 0 spiro atoms. The van der Waals surface area contributed by atoms with Crippen molar-refractivity contribution in [3.8, 4) is 0 Å². The Bertz CT molecular complexity index is 209. The molecule has 0 aromatic heterocycles. The van der Waals surface area contributed by atoms with Crippen LogP contribution in [0, 0.1) is 5.92 Å². The third-order valence-corrected chi connectivity index (χ3v) is 1.59. The summed E-state index contributed by atoms with van der Waals surface area (Å²) in [6.07, 6.45) is 2.01. The molecule has 0 unspecified atom stereocenters. The van der Waals surface area contributed by atoms with Crippen LogP contribution in [-0.4, -0.2) is 7.11 Å². The SMILES string of the molecule is C=C(C)/C=C(\C(=C)OC)C(C)C. The zero-order valence-electron chi connectivity index (χ0n) is 8.48. The molecule has 68 valence electrons. The quantitative estimate of drug-likeness (QED) is 0.460. The van der Waals surface area contributed by atoms with Gasteiger partial charge in [-0.05, 0) is 18.4 Å².